The average molecular weight is 756 g/mol. The molecule has 2 saturated heterocycles. The number of amides is 2. The lowest BCUT2D eigenvalue weighted by Gasteiger charge is -2.36. The number of methoxy groups -OCH3 is 1. The van der Waals surface area contributed by atoms with Gasteiger partial charge in [-0.15, -0.1) is 0 Å². The SMILES string of the molecule is COc1nc(-c2cccc(-c3ccnc(-c4ccc5c(CN(C)C6CCN(C(C)=O)CC6)nn(C)c5c4)c3Cl)c2Cl)ccc1CNC[C@@H]1CCC(=O)N1. The van der Waals surface area contributed by atoms with Gasteiger partial charge in [0.15, 0.2) is 0 Å². The molecule has 53 heavy (non-hydrogen) atoms. The smallest absolute Gasteiger partial charge is 0.220 e. The largest absolute Gasteiger partial charge is 0.481 e. The van der Waals surface area contributed by atoms with Crippen LogP contribution >= 0.6 is 23.2 Å². The zero-order valence-corrected chi connectivity index (χ0v) is 32.0. The van der Waals surface area contributed by atoms with E-state index in [0.717, 1.165) is 76.8 Å². The third-order valence-electron chi connectivity index (χ3n) is 10.5. The Morgan fingerprint density at radius 1 is 1.04 bits per heavy atom. The van der Waals surface area contributed by atoms with Crippen LogP contribution in [-0.2, 0) is 29.7 Å². The van der Waals surface area contributed by atoms with Crippen molar-refractivity contribution in [1.29, 1.82) is 0 Å². The highest BCUT2D eigenvalue weighted by molar-refractivity contribution is 6.39. The zero-order chi connectivity index (χ0) is 37.2. The predicted molar refractivity (Wildman–Crippen MR) is 209 cm³/mol. The minimum absolute atomic E-state index is 0.101. The number of ether oxygens (including phenoxy) is 1. The van der Waals surface area contributed by atoms with Crippen LogP contribution in [0.15, 0.2) is 60.8 Å². The van der Waals surface area contributed by atoms with E-state index in [9.17, 15) is 9.59 Å². The van der Waals surface area contributed by atoms with Gasteiger partial charge in [0.2, 0.25) is 17.7 Å². The molecule has 3 aromatic heterocycles. The highest BCUT2D eigenvalue weighted by Crippen LogP contribution is 2.42. The number of halogens is 2. The fourth-order valence-corrected chi connectivity index (χ4v) is 8.16. The maximum absolute atomic E-state index is 11.8. The van der Waals surface area contributed by atoms with E-state index in [4.69, 9.17) is 43.0 Å². The molecule has 276 valence electrons. The summed E-state index contributed by atoms with van der Waals surface area (Å²) in [5, 5.41) is 13.4. The first-order chi connectivity index (χ1) is 25.6. The molecule has 0 bridgehead atoms. The lowest BCUT2D eigenvalue weighted by atomic mass is 9.99. The molecule has 2 N–H and O–H groups in total. The minimum atomic E-state index is 0.101. The quantitative estimate of drug-likeness (QED) is 0.157. The number of carbonyl (C=O) groups is 2. The summed E-state index contributed by atoms with van der Waals surface area (Å²) in [6, 6.07) is 18.4. The number of piperidine rings is 1. The number of hydrogen-bond donors (Lipinski definition) is 2. The van der Waals surface area contributed by atoms with Crippen LogP contribution in [-0.4, -0.2) is 87.2 Å². The number of hydrogen-bond acceptors (Lipinski definition) is 8. The van der Waals surface area contributed by atoms with Gasteiger partial charge >= 0.3 is 0 Å². The predicted octanol–water partition coefficient (Wildman–Crippen LogP) is 6.49. The Balaban J connectivity index is 1.11. The Morgan fingerprint density at radius 3 is 2.55 bits per heavy atom. The molecule has 0 spiro atoms. The Hall–Kier alpha value is -4.55. The van der Waals surface area contributed by atoms with Gasteiger partial charge < -0.3 is 20.3 Å². The van der Waals surface area contributed by atoms with Crippen molar-refractivity contribution < 1.29 is 14.3 Å². The van der Waals surface area contributed by atoms with Gasteiger partial charge in [-0.2, -0.15) is 5.10 Å². The summed E-state index contributed by atoms with van der Waals surface area (Å²) in [5.74, 6) is 0.753. The maximum atomic E-state index is 11.8. The fraction of sp³-hybridized carbons (Fsp3) is 0.375. The van der Waals surface area contributed by atoms with Gasteiger partial charge in [-0.3, -0.25) is 24.2 Å². The van der Waals surface area contributed by atoms with E-state index in [1.807, 2.05) is 59.1 Å². The van der Waals surface area contributed by atoms with Gasteiger partial charge in [-0.1, -0.05) is 59.6 Å². The summed E-state index contributed by atoms with van der Waals surface area (Å²) in [4.78, 5) is 37.1. The van der Waals surface area contributed by atoms with Crippen LogP contribution in [0.4, 0.5) is 0 Å². The van der Waals surface area contributed by atoms with E-state index in [2.05, 4.69) is 34.7 Å². The van der Waals surface area contributed by atoms with Crippen molar-refractivity contribution in [2.45, 2.75) is 57.8 Å². The fourth-order valence-electron chi connectivity index (χ4n) is 7.52. The van der Waals surface area contributed by atoms with Crippen LogP contribution in [0.25, 0.3) is 44.5 Å². The molecule has 2 amide bonds. The van der Waals surface area contributed by atoms with E-state index in [1.165, 1.54) is 0 Å². The van der Waals surface area contributed by atoms with Crippen LogP contribution in [0.1, 0.15) is 43.9 Å². The van der Waals surface area contributed by atoms with Crippen molar-refractivity contribution in [3.63, 3.8) is 0 Å². The summed E-state index contributed by atoms with van der Waals surface area (Å²) in [5.41, 5.74) is 7.40. The molecule has 1 atom stereocenters. The first-order valence-electron chi connectivity index (χ1n) is 18.0. The number of likely N-dealkylation sites (tertiary alicyclic amines) is 1. The third-order valence-corrected chi connectivity index (χ3v) is 11.3. The number of rotatable bonds is 11. The molecule has 0 radical (unpaired) electrons. The summed E-state index contributed by atoms with van der Waals surface area (Å²) in [7, 11) is 5.70. The molecule has 2 aliphatic rings. The van der Waals surface area contributed by atoms with E-state index in [0.29, 0.717) is 59.4 Å². The van der Waals surface area contributed by atoms with Crippen LogP contribution in [0.5, 0.6) is 5.88 Å². The molecular weight excluding hydrogens is 711 g/mol. The van der Waals surface area contributed by atoms with Crippen molar-refractivity contribution in [2.24, 2.45) is 7.05 Å². The molecule has 5 heterocycles. The normalized spacial score (nSPS) is 16.5. The molecule has 2 aliphatic heterocycles. The van der Waals surface area contributed by atoms with Crippen LogP contribution in [0.3, 0.4) is 0 Å². The Kier molecular flexibility index (Phi) is 11.0. The molecule has 0 saturated carbocycles. The molecule has 5 aromatic rings. The van der Waals surface area contributed by atoms with Crippen LogP contribution in [0, 0.1) is 0 Å². The highest BCUT2D eigenvalue weighted by Gasteiger charge is 2.25. The first kappa shape index (κ1) is 36.8. The van der Waals surface area contributed by atoms with Crippen LogP contribution in [0.2, 0.25) is 10.0 Å². The summed E-state index contributed by atoms with van der Waals surface area (Å²) < 4.78 is 7.58. The van der Waals surface area contributed by atoms with Crippen molar-refractivity contribution in [3.05, 3.63) is 82.1 Å². The van der Waals surface area contributed by atoms with E-state index in [1.54, 1.807) is 20.2 Å². The average Bonchev–Trinajstić information content (AvgIpc) is 3.72. The second-order valence-electron chi connectivity index (χ2n) is 13.9. The van der Waals surface area contributed by atoms with Gasteiger partial charge in [0.05, 0.1) is 39.8 Å². The number of aromatic nitrogens is 4. The number of benzene rings is 2. The Morgan fingerprint density at radius 2 is 1.81 bits per heavy atom. The molecule has 7 rings (SSSR count). The lowest BCUT2D eigenvalue weighted by Crippen LogP contribution is -2.44. The van der Waals surface area contributed by atoms with E-state index in [-0.39, 0.29) is 17.9 Å². The number of nitrogens with one attached hydrogen (secondary N) is 2. The molecular formula is C40H44Cl2N8O3. The topological polar surface area (TPSA) is 118 Å². The molecule has 2 aromatic carbocycles. The van der Waals surface area contributed by atoms with E-state index < -0.39 is 0 Å². The summed E-state index contributed by atoms with van der Waals surface area (Å²) in [6.07, 6.45) is 5.07. The minimum Gasteiger partial charge on any atom is -0.481 e. The van der Waals surface area contributed by atoms with Crippen molar-refractivity contribution in [1.82, 2.24) is 40.2 Å². The van der Waals surface area contributed by atoms with E-state index >= 15 is 0 Å². The third kappa shape index (κ3) is 7.75. The molecule has 0 unspecified atom stereocenters. The molecule has 0 aliphatic carbocycles. The van der Waals surface area contributed by atoms with Crippen molar-refractivity contribution in [2.75, 3.05) is 33.8 Å². The lowest BCUT2D eigenvalue weighted by molar-refractivity contribution is -0.130. The second-order valence-corrected chi connectivity index (χ2v) is 14.7. The van der Waals surface area contributed by atoms with Gasteiger partial charge in [0, 0.05) is 105 Å². The summed E-state index contributed by atoms with van der Waals surface area (Å²) in [6.45, 7) is 5.17. The van der Waals surface area contributed by atoms with Gasteiger partial charge in [0.25, 0.3) is 0 Å². The number of aryl methyl sites for hydroxylation is 1. The van der Waals surface area contributed by atoms with Gasteiger partial charge in [0.1, 0.15) is 0 Å². The number of fused-ring (bicyclic) bond motifs is 1. The second kappa shape index (κ2) is 15.8. The monoisotopic (exact) mass is 754 g/mol. The number of pyridine rings is 2. The first-order valence-corrected chi connectivity index (χ1v) is 18.8. The van der Waals surface area contributed by atoms with Gasteiger partial charge in [-0.05, 0) is 44.5 Å². The maximum Gasteiger partial charge on any atom is 0.220 e. The standard InChI is InChI=1S/C40H44Cl2N8O3/c1-24(51)50-18-15-28(16-19-50)48(2)23-34-31-11-8-25(20-35(31)49(3)47-34)39-38(42)30(14-17-44-39)29-6-5-7-32(37(29)41)33-12-9-26(40(46-33)53-4)21-43-22-27-10-13-36(52)45-27/h5-9,11-12,14,17,20,27-28,43H,10,13,15-16,18-19,21-23H2,1-4H3,(H,45,52)/t27-/m0/s1. The Labute approximate surface area is 319 Å². The highest BCUT2D eigenvalue weighted by atomic mass is 35.5. The Bertz CT molecular complexity index is 2160. The molecule has 13 heteroatoms. The van der Waals surface area contributed by atoms with Crippen LogP contribution < -0.4 is 15.4 Å². The van der Waals surface area contributed by atoms with Crippen molar-refractivity contribution >= 4 is 45.9 Å². The molecule has 11 nitrogen and oxygen atoms in total. The molecule has 2 fully saturated rings. The number of carbonyl (C=O) groups excluding carboxylic acids is 2. The van der Waals surface area contributed by atoms with Crippen molar-refractivity contribution in [3.8, 4) is 39.5 Å². The van der Waals surface area contributed by atoms with Gasteiger partial charge in [-0.25, -0.2) is 4.98 Å². The summed E-state index contributed by atoms with van der Waals surface area (Å²) >= 11 is 14.3. The number of nitrogens with zero attached hydrogens (tertiary/aromatic N) is 6. The zero-order valence-electron chi connectivity index (χ0n) is 30.5.